The van der Waals surface area contributed by atoms with Crippen LogP contribution in [0.3, 0.4) is 0 Å². The van der Waals surface area contributed by atoms with Gasteiger partial charge in [0.25, 0.3) is 5.56 Å². The smallest absolute Gasteiger partial charge is 0.270 e. The fourth-order valence-electron chi connectivity index (χ4n) is 2.15. The first-order valence-electron chi connectivity index (χ1n) is 6.61. The number of rotatable bonds is 3. The molecule has 0 aliphatic heterocycles. The molecule has 1 aromatic heterocycles. The molecule has 104 valence electrons. The Labute approximate surface area is 121 Å². The molecule has 2 aromatic carbocycles. The molecule has 1 N–H and O–H groups in total. The highest BCUT2D eigenvalue weighted by Crippen LogP contribution is 2.17. The van der Waals surface area contributed by atoms with Gasteiger partial charge in [0.15, 0.2) is 0 Å². The maximum absolute atomic E-state index is 13.3. The second kappa shape index (κ2) is 5.71. The molecule has 1 heterocycles. The Bertz CT molecular complexity index is 812. The number of aromatic nitrogens is 2. The van der Waals surface area contributed by atoms with E-state index in [-0.39, 0.29) is 11.4 Å². The molecule has 0 unspecified atom stereocenters. The first kappa shape index (κ1) is 13.2. The second-order valence-corrected chi connectivity index (χ2v) is 4.73. The fourth-order valence-corrected chi connectivity index (χ4v) is 2.15. The molecular formula is C17H13FN2O. The molecule has 3 rings (SSSR count). The van der Waals surface area contributed by atoms with Crippen molar-refractivity contribution in [3.05, 3.63) is 88.2 Å². The minimum absolute atomic E-state index is 0.223. The van der Waals surface area contributed by atoms with Crippen molar-refractivity contribution in [2.24, 2.45) is 0 Å². The number of halogens is 1. The van der Waals surface area contributed by atoms with Crippen molar-refractivity contribution in [2.45, 2.75) is 6.42 Å². The molecule has 21 heavy (non-hydrogen) atoms. The number of hydrogen-bond donors (Lipinski definition) is 1. The Balaban J connectivity index is 1.99. The summed E-state index contributed by atoms with van der Waals surface area (Å²) in [4.78, 5) is 18.9. The van der Waals surface area contributed by atoms with Crippen LogP contribution >= 0.6 is 0 Å². The van der Waals surface area contributed by atoms with Crippen molar-refractivity contribution >= 4 is 0 Å². The van der Waals surface area contributed by atoms with Crippen LogP contribution in [0.15, 0.2) is 65.6 Å². The van der Waals surface area contributed by atoms with Crippen molar-refractivity contribution in [3.63, 3.8) is 0 Å². The van der Waals surface area contributed by atoms with Crippen LogP contribution in [0.1, 0.15) is 11.3 Å². The third-order valence-electron chi connectivity index (χ3n) is 3.19. The Morgan fingerprint density at radius 1 is 1.05 bits per heavy atom. The van der Waals surface area contributed by atoms with Crippen molar-refractivity contribution < 1.29 is 4.39 Å². The van der Waals surface area contributed by atoms with Gasteiger partial charge in [-0.15, -0.1) is 0 Å². The van der Waals surface area contributed by atoms with Crippen molar-refractivity contribution in [1.82, 2.24) is 9.97 Å². The molecule has 0 aliphatic rings. The Morgan fingerprint density at radius 2 is 1.86 bits per heavy atom. The van der Waals surface area contributed by atoms with Crippen LogP contribution in [0.5, 0.6) is 0 Å². The zero-order valence-corrected chi connectivity index (χ0v) is 11.2. The standard InChI is InChI=1S/C17H13FN2O/c18-14-8-4-7-13(10-14)16-11-19-17(21)15(20-16)9-12-5-2-1-3-6-12/h1-8,10-11H,9H2,(H,19,21). The van der Waals surface area contributed by atoms with E-state index in [0.717, 1.165) is 5.56 Å². The van der Waals surface area contributed by atoms with Gasteiger partial charge >= 0.3 is 0 Å². The SMILES string of the molecule is O=c1[nH]cc(-c2cccc(F)c2)nc1Cc1ccccc1. The summed E-state index contributed by atoms with van der Waals surface area (Å²) in [5.74, 6) is -0.329. The second-order valence-electron chi connectivity index (χ2n) is 4.73. The molecule has 0 spiro atoms. The van der Waals surface area contributed by atoms with Crippen LogP contribution in [0.2, 0.25) is 0 Å². The molecular weight excluding hydrogens is 267 g/mol. The third kappa shape index (κ3) is 3.05. The van der Waals surface area contributed by atoms with Gasteiger partial charge in [0.05, 0.1) is 5.69 Å². The molecule has 0 radical (unpaired) electrons. The molecule has 3 nitrogen and oxygen atoms in total. The van der Waals surface area contributed by atoms with Gasteiger partial charge in [0.2, 0.25) is 0 Å². The maximum Gasteiger partial charge on any atom is 0.270 e. The van der Waals surface area contributed by atoms with Gasteiger partial charge in [-0.1, -0.05) is 42.5 Å². The number of hydrogen-bond acceptors (Lipinski definition) is 2. The lowest BCUT2D eigenvalue weighted by Gasteiger charge is -2.04. The van der Waals surface area contributed by atoms with Crippen molar-refractivity contribution in [1.29, 1.82) is 0 Å². The average Bonchev–Trinajstić information content (AvgIpc) is 2.50. The monoisotopic (exact) mass is 280 g/mol. The highest BCUT2D eigenvalue weighted by atomic mass is 19.1. The van der Waals surface area contributed by atoms with Crippen LogP contribution < -0.4 is 5.56 Å². The van der Waals surface area contributed by atoms with Gasteiger partial charge in [0, 0.05) is 18.2 Å². The van der Waals surface area contributed by atoms with Gasteiger partial charge in [-0.2, -0.15) is 0 Å². The van der Waals surface area contributed by atoms with Gasteiger partial charge in [-0.25, -0.2) is 9.37 Å². The molecule has 0 fully saturated rings. The summed E-state index contributed by atoms with van der Waals surface area (Å²) in [6.07, 6.45) is 1.95. The summed E-state index contributed by atoms with van der Waals surface area (Å²) in [5.41, 5.74) is 2.40. The zero-order chi connectivity index (χ0) is 14.7. The Morgan fingerprint density at radius 3 is 2.62 bits per heavy atom. The van der Waals surface area contributed by atoms with E-state index in [9.17, 15) is 9.18 Å². The van der Waals surface area contributed by atoms with E-state index < -0.39 is 0 Å². The molecule has 0 atom stereocenters. The molecule has 0 saturated heterocycles. The topological polar surface area (TPSA) is 45.8 Å². The van der Waals surface area contributed by atoms with E-state index in [1.807, 2.05) is 30.3 Å². The van der Waals surface area contributed by atoms with E-state index in [0.29, 0.717) is 23.4 Å². The lowest BCUT2D eigenvalue weighted by Crippen LogP contribution is -2.15. The average molecular weight is 280 g/mol. The first-order valence-corrected chi connectivity index (χ1v) is 6.61. The van der Waals surface area contributed by atoms with Crippen molar-refractivity contribution in [3.8, 4) is 11.3 Å². The summed E-state index contributed by atoms with van der Waals surface area (Å²) in [6.45, 7) is 0. The zero-order valence-electron chi connectivity index (χ0n) is 11.2. The number of benzene rings is 2. The molecule has 0 bridgehead atoms. The molecule has 0 aliphatic carbocycles. The Hall–Kier alpha value is -2.75. The summed E-state index contributed by atoms with van der Waals surface area (Å²) in [5, 5.41) is 0. The van der Waals surface area contributed by atoms with Crippen molar-refractivity contribution in [2.75, 3.05) is 0 Å². The summed E-state index contributed by atoms with van der Waals surface area (Å²) >= 11 is 0. The Kier molecular flexibility index (Phi) is 3.60. The highest BCUT2D eigenvalue weighted by Gasteiger charge is 2.07. The third-order valence-corrected chi connectivity index (χ3v) is 3.19. The predicted molar refractivity (Wildman–Crippen MR) is 79.5 cm³/mol. The summed E-state index contributed by atoms with van der Waals surface area (Å²) < 4.78 is 13.3. The van der Waals surface area contributed by atoms with Crippen LogP contribution in [-0.2, 0) is 6.42 Å². The lowest BCUT2D eigenvalue weighted by molar-refractivity contribution is 0.628. The van der Waals surface area contributed by atoms with Gasteiger partial charge < -0.3 is 4.98 Å². The number of nitrogens with zero attached hydrogens (tertiary/aromatic N) is 1. The van der Waals surface area contributed by atoms with Crippen LogP contribution in [0, 0.1) is 5.82 Å². The van der Waals surface area contributed by atoms with Gasteiger partial charge in [0.1, 0.15) is 11.5 Å². The van der Waals surface area contributed by atoms with E-state index in [1.54, 1.807) is 12.1 Å². The van der Waals surface area contributed by atoms with Crippen LogP contribution in [-0.4, -0.2) is 9.97 Å². The van der Waals surface area contributed by atoms with Crippen LogP contribution in [0.4, 0.5) is 4.39 Å². The lowest BCUT2D eigenvalue weighted by atomic mass is 10.1. The number of aromatic amines is 1. The predicted octanol–water partition coefficient (Wildman–Crippen LogP) is 3.17. The largest absolute Gasteiger partial charge is 0.325 e. The van der Waals surface area contributed by atoms with Gasteiger partial charge in [-0.3, -0.25) is 4.79 Å². The maximum atomic E-state index is 13.3. The van der Waals surface area contributed by atoms with E-state index in [2.05, 4.69) is 9.97 Å². The quantitative estimate of drug-likeness (QED) is 0.801. The minimum Gasteiger partial charge on any atom is -0.325 e. The van der Waals surface area contributed by atoms with Gasteiger partial charge in [-0.05, 0) is 17.7 Å². The van der Waals surface area contributed by atoms with Crippen LogP contribution in [0.25, 0.3) is 11.3 Å². The van der Waals surface area contributed by atoms with E-state index >= 15 is 0 Å². The minimum atomic E-state index is -0.329. The highest BCUT2D eigenvalue weighted by molar-refractivity contribution is 5.58. The number of nitrogens with one attached hydrogen (secondary N) is 1. The summed E-state index contributed by atoms with van der Waals surface area (Å²) in [7, 11) is 0. The molecule has 3 aromatic rings. The fraction of sp³-hybridized carbons (Fsp3) is 0.0588. The van der Waals surface area contributed by atoms with E-state index in [4.69, 9.17) is 0 Å². The summed E-state index contributed by atoms with van der Waals surface area (Å²) in [6, 6.07) is 15.8. The molecule has 4 heteroatoms. The number of H-pyrrole nitrogens is 1. The van der Waals surface area contributed by atoms with E-state index in [1.165, 1.54) is 18.3 Å². The first-order chi connectivity index (χ1) is 10.2. The molecule has 0 amide bonds. The normalized spacial score (nSPS) is 10.5. The molecule has 0 saturated carbocycles.